The van der Waals surface area contributed by atoms with Crippen LogP contribution >= 0.6 is 11.3 Å². The molecule has 1 aromatic heterocycles. The van der Waals surface area contributed by atoms with Gasteiger partial charge in [-0.15, -0.1) is 11.3 Å². The zero-order chi connectivity index (χ0) is 17.3. The standard InChI is InChI=1S/C19H22N2O2S/c1-12(2)20-19(23)15-11-17(22)21(14-8-6-13(3)7-9-14)18(15)16-5-4-10-24-16/h4-10,12,15,18H,11H2,1-3H3,(H,20,23). The minimum atomic E-state index is -0.361. The van der Waals surface area contributed by atoms with E-state index >= 15 is 0 Å². The van der Waals surface area contributed by atoms with Gasteiger partial charge in [0.1, 0.15) is 0 Å². The second kappa shape index (κ2) is 6.77. The molecule has 2 heterocycles. The zero-order valence-electron chi connectivity index (χ0n) is 14.2. The van der Waals surface area contributed by atoms with E-state index in [0.29, 0.717) is 0 Å². The Kier molecular flexibility index (Phi) is 4.71. The van der Waals surface area contributed by atoms with Crippen LogP contribution in [0.3, 0.4) is 0 Å². The SMILES string of the molecule is Cc1ccc(N2C(=O)CC(C(=O)NC(C)C)C2c2cccs2)cc1. The van der Waals surface area contributed by atoms with Gasteiger partial charge in [0.05, 0.1) is 12.0 Å². The van der Waals surface area contributed by atoms with Crippen molar-refractivity contribution in [3.05, 3.63) is 52.2 Å². The van der Waals surface area contributed by atoms with Gasteiger partial charge in [-0.3, -0.25) is 9.59 Å². The molecular formula is C19H22N2O2S. The van der Waals surface area contributed by atoms with E-state index in [9.17, 15) is 9.59 Å². The highest BCUT2D eigenvalue weighted by Gasteiger charge is 2.45. The molecule has 1 aliphatic rings. The van der Waals surface area contributed by atoms with Gasteiger partial charge in [-0.2, -0.15) is 0 Å². The van der Waals surface area contributed by atoms with Crippen molar-refractivity contribution in [2.75, 3.05) is 4.90 Å². The molecule has 126 valence electrons. The second-order valence-electron chi connectivity index (χ2n) is 6.53. The predicted octanol–water partition coefficient (Wildman–Crippen LogP) is 3.68. The molecule has 0 saturated carbocycles. The Morgan fingerprint density at radius 1 is 1.25 bits per heavy atom. The fourth-order valence-corrected chi connectivity index (χ4v) is 4.04. The summed E-state index contributed by atoms with van der Waals surface area (Å²) in [5.41, 5.74) is 2.00. The number of rotatable bonds is 4. The van der Waals surface area contributed by atoms with Gasteiger partial charge in [0, 0.05) is 23.0 Å². The molecule has 3 rings (SSSR count). The molecule has 1 aliphatic heterocycles. The van der Waals surface area contributed by atoms with E-state index < -0.39 is 0 Å². The number of aryl methyl sites for hydroxylation is 1. The number of carbonyl (C=O) groups is 2. The first-order valence-electron chi connectivity index (χ1n) is 8.20. The summed E-state index contributed by atoms with van der Waals surface area (Å²) in [4.78, 5) is 28.2. The number of carbonyl (C=O) groups excluding carboxylic acids is 2. The van der Waals surface area contributed by atoms with E-state index in [4.69, 9.17) is 0 Å². The number of amides is 2. The van der Waals surface area contributed by atoms with E-state index in [1.807, 2.05) is 62.5 Å². The fraction of sp³-hybridized carbons (Fsp3) is 0.368. The topological polar surface area (TPSA) is 49.4 Å². The Labute approximate surface area is 146 Å². The van der Waals surface area contributed by atoms with E-state index in [-0.39, 0.29) is 36.2 Å². The number of hydrogen-bond donors (Lipinski definition) is 1. The number of nitrogens with one attached hydrogen (secondary N) is 1. The van der Waals surface area contributed by atoms with Crippen LogP contribution in [-0.2, 0) is 9.59 Å². The highest BCUT2D eigenvalue weighted by Crippen LogP contribution is 2.43. The lowest BCUT2D eigenvalue weighted by atomic mass is 9.97. The predicted molar refractivity (Wildman–Crippen MR) is 97.1 cm³/mol. The molecular weight excluding hydrogens is 320 g/mol. The molecule has 1 fully saturated rings. The van der Waals surface area contributed by atoms with Crippen LogP contribution in [0.2, 0.25) is 0 Å². The zero-order valence-corrected chi connectivity index (χ0v) is 15.0. The lowest BCUT2D eigenvalue weighted by Gasteiger charge is -2.27. The summed E-state index contributed by atoms with van der Waals surface area (Å²) < 4.78 is 0. The minimum Gasteiger partial charge on any atom is -0.354 e. The Morgan fingerprint density at radius 2 is 1.96 bits per heavy atom. The van der Waals surface area contributed by atoms with Gasteiger partial charge in [-0.05, 0) is 44.4 Å². The number of thiophene rings is 1. The normalized spacial score (nSPS) is 20.7. The van der Waals surface area contributed by atoms with E-state index in [2.05, 4.69) is 5.32 Å². The molecule has 5 heteroatoms. The molecule has 1 saturated heterocycles. The van der Waals surface area contributed by atoms with Crippen molar-refractivity contribution >= 4 is 28.8 Å². The average Bonchev–Trinajstić information content (AvgIpc) is 3.15. The summed E-state index contributed by atoms with van der Waals surface area (Å²) in [6.45, 7) is 5.89. The van der Waals surface area contributed by atoms with Gasteiger partial charge in [0.25, 0.3) is 0 Å². The van der Waals surface area contributed by atoms with Crippen molar-refractivity contribution in [2.45, 2.75) is 39.3 Å². The highest BCUT2D eigenvalue weighted by molar-refractivity contribution is 7.10. The summed E-state index contributed by atoms with van der Waals surface area (Å²) in [6, 6.07) is 11.7. The summed E-state index contributed by atoms with van der Waals surface area (Å²) in [7, 11) is 0. The number of nitrogens with zero attached hydrogens (tertiary/aromatic N) is 1. The number of hydrogen-bond acceptors (Lipinski definition) is 3. The van der Waals surface area contributed by atoms with E-state index in [0.717, 1.165) is 16.1 Å². The summed E-state index contributed by atoms with van der Waals surface area (Å²) >= 11 is 1.59. The van der Waals surface area contributed by atoms with E-state index in [1.165, 1.54) is 0 Å². The lowest BCUT2D eigenvalue weighted by Crippen LogP contribution is -2.38. The molecule has 0 bridgehead atoms. The maximum Gasteiger partial charge on any atom is 0.228 e. The largest absolute Gasteiger partial charge is 0.354 e. The Balaban J connectivity index is 1.99. The molecule has 2 aromatic rings. The van der Waals surface area contributed by atoms with Crippen LogP contribution in [0.15, 0.2) is 41.8 Å². The van der Waals surface area contributed by atoms with Crippen molar-refractivity contribution in [3.63, 3.8) is 0 Å². The second-order valence-corrected chi connectivity index (χ2v) is 7.51. The van der Waals surface area contributed by atoms with Gasteiger partial charge >= 0.3 is 0 Å². The summed E-state index contributed by atoms with van der Waals surface area (Å²) in [5, 5.41) is 4.95. The van der Waals surface area contributed by atoms with Gasteiger partial charge in [-0.1, -0.05) is 23.8 Å². The quantitative estimate of drug-likeness (QED) is 0.921. The third-order valence-corrected chi connectivity index (χ3v) is 5.18. The van der Waals surface area contributed by atoms with Gasteiger partial charge in [-0.25, -0.2) is 0 Å². The Morgan fingerprint density at radius 3 is 2.54 bits per heavy atom. The fourth-order valence-electron chi connectivity index (χ4n) is 3.16. The molecule has 0 aliphatic carbocycles. The van der Waals surface area contributed by atoms with E-state index in [1.54, 1.807) is 16.2 Å². The minimum absolute atomic E-state index is 0.00107. The van der Waals surface area contributed by atoms with Gasteiger partial charge in [0.2, 0.25) is 11.8 Å². The summed E-state index contributed by atoms with van der Waals surface area (Å²) in [6.07, 6.45) is 0.245. The summed E-state index contributed by atoms with van der Waals surface area (Å²) in [5.74, 6) is -0.410. The van der Waals surface area contributed by atoms with Crippen LogP contribution in [0.1, 0.15) is 36.8 Å². The molecule has 24 heavy (non-hydrogen) atoms. The van der Waals surface area contributed by atoms with Gasteiger partial charge in [0.15, 0.2) is 0 Å². The Bertz CT molecular complexity index is 722. The molecule has 4 nitrogen and oxygen atoms in total. The van der Waals surface area contributed by atoms with Crippen LogP contribution in [0.25, 0.3) is 0 Å². The Hall–Kier alpha value is -2.14. The first kappa shape index (κ1) is 16.7. The first-order chi connectivity index (χ1) is 11.5. The van der Waals surface area contributed by atoms with Gasteiger partial charge < -0.3 is 10.2 Å². The van der Waals surface area contributed by atoms with Crippen molar-refractivity contribution in [2.24, 2.45) is 5.92 Å². The molecule has 2 atom stereocenters. The number of anilines is 1. The molecule has 0 radical (unpaired) electrons. The van der Waals surface area contributed by atoms with Crippen molar-refractivity contribution in [1.82, 2.24) is 5.32 Å². The van der Waals surface area contributed by atoms with Crippen molar-refractivity contribution in [3.8, 4) is 0 Å². The van der Waals surface area contributed by atoms with Crippen LogP contribution in [0.4, 0.5) is 5.69 Å². The number of benzene rings is 1. The maximum atomic E-state index is 12.7. The third kappa shape index (κ3) is 3.22. The first-order valence-corrected chi connectivity index (χ1v) is 9.08. The van der Waals surface area contributed by atoms with Crippen LogP contribution in [0, 0.1) is 12.8 Å². The highest BCUT2D eigenvalue weighted by atomic mass is 32.1. The third-order valence-electron chi connectivity index (χ3n) is 4.24. The molecule has 1 N–H and O–H groups in total. The molecule has 2 amide bonds. The van der Waals surface area contributed by atoms with Crippen molar-refractivity contribution < 1.29 is 9.59 Å². The molecule has 0 spiro atoms. The smallest absolute Gasteiger partial charge is 0.228 e. The van der Waals surface area contributed by atoms with Crippen LogP contribution in [0.5, 0.6) is 0 Å². The van der Waals surface area contributed by atoms with Crippen LogP contribution < -0.4 is 10.2 Å². The van der Waals surface area contributed by atoms with Crippen molar-refractivity contribution in [1.29, 1.82) is 0 Å². The maximum absolute atomic E-state index is 12.7. The lowest BCUT2D eigenvalue weighted by molar-refractivity contribution is -0.127. The molecule has 1 aromatic carbocycles. The monoisotopic (exact) mass is 342 g/mol. The van der Waals surface area contributed by atoms with Crippen LogP contribution in [-0.4, -0.2) is 17.9 Å². The molecule has 2 unspecified atom stereocenters. The average molecular weight is 342 g/mol.